The van der Waals surface area contributed by atoms with Crippen LogP contribution in [0.3, 0.4) is 0 Å². The summed E-state index contributed by atoms with van der Waals surface area (Å²) in [5.41, 5.74) is 2.57. The summed E-state index contributed by atoms with van der Waals surface area (Å²) in [7, 11) is 0. The van der Waals surface area contributed by atoms with Crippen molar-refractivity contribution in [2.45, 2.75) is 32.8 Å². The van der Waals surface area contributed by atoms with E-state index in [-0.39, 0.29) is 19.0 Å². The average molecular weight is 372 g/mol. The molecule has 144 valence electrons. The second-order valence-electron chi connectivity index (χ2n) is 7.00. The van der Waals surface area contributed by atoms with Gasteiger partial charge in [-0.3, -0.25) is 9.80 Å². The van der Waals surface area contributed by atoms with Gasteiger partial charge in [0.1, 0.15) is 18.5 Å². The third-order valence-electron chi connectivity index (χ3n) is 4.66. The minimum Gasteiger partial charge on any atom is -1.00 e. The fourth-order valence-electron chi connectivity index (χ4n) is 3.27. The summed E-state index contributed by atoms with van der Waals surface area (Å²) in [6.45, 7) is 12.1. The highest BCUT2D eigenvalue weighted by atomic mass is 35.5. The van der Waals surface area contributed by atoms with E-state index in [4.69, 9.17) is 9.84 Å². The summed E-state index contributed by atoms with van der Waals surface area (Å²) >= 11 is 0. The molecule has 0 aromatic heterocycles. The van der Waals surface area contributed by atoms with Crippen LogP contribution in [-0.4, -0.2) is 78.6 Å². The summed E-state index contributed by atoms with van der Waals surface area (Å²) in [5.74, 6) is 1.33. The first-order valence-corrected chi connectivity index (χ1v) is 8.96. The van der Waals surface area contributed by atoms with Gasteiger partial charge in [0.05, 0.1) is 6.61 Å². The van der Waals surface area contributed by atoms with Gasteiger partial charge in [-0.05, 0) is 36.1 Å². The molecule has 0 amide bonds. The molecule has 1 heterocycles. The number of nitrogens with zero attached hydrogens (tertiary/aromatic N) is 2. The normalized spacial score (nSPS) is 17.4. The molecule has 25 heavy (non-hydrogen) atoms. The van der Waals surface area contributed by atoms with Crippen LogP contribution in [0.1, 0.15) is 30.9 Å². The maximum absolute atomic E-state index is 10.2. The zero-order valence-corrected chi connectivity index (χ0v) is 16.4. The van der Waals surface area contributed by atoms with E-state index in [1.54, 1.807) is 0 Å². The topological polar surface area (TPSA) is 56.2 Å². The first kappa shape index (κ1) is 22.2. The van der Waals surface area contributed by atoms with Crippen molar-refractivity contribution in [3.05, 3.63) is 29.3 Å². The largest absolute Gasteiger partial charge is 1.00 e. The van der Waals surface area contributed by atoms with Crippen LogP contribution in [-0.2, 0) is 0 Å². The Morgan fingerprint density at radius 1 is 1.12 bits per heavy atom. The van der Waals surface area contributed by atoms with Gasteiger partial charge in [0.25, 0.3) is 0 Å². The molecule has 2 rings (SSSR count). The molecule has 2 N–H and O–H groups in total. The van der Waals surface area contributed by atoms with Gasteiger partial charge in [-0.2, -0.15) is 0 Å². The number of aliphatic hydroxyl groups is 2. The van der Waals surface area contributed by atoms with Crippen molar-refractivity contribution in [3.8, 4) is 5.75 Å². The molecule has 1 aliphatic rings. The van der Waals surface area contributed by atoms with E-state index in [2.05, 4.69) is 42.7 Å². The van der Waals surface area contributed by atoms with Crippen LogP contribution < -0.4 is 17.1 Å². The van der Waals surface area contributed by atoms with Crippen LogP contribution >= 0.6 is 0 Å². The van der Waals surface area contributed by atoms with Crippen LogP contribution in [0.4, 0.5) is 0 Å². The summed E-state index contributed by atoms with van der Waals surface area (Å²) in [6.07, 6.45) is -0.487. The molecule has 1 atom stereocenters. The lowest BCUT2D eigenvalue weighted by Gasteiger charge is -2.35. The van der Waals surface area contributed by atoms with Gasteiger partial charge in [-0.25, -0.2) is 0 Å². The third-order valence-corrected chi connectivity index (χ3v) is 4.66. The van der Waals surface area contributed by atoms with Crippen LogP contribution in [0.15, 0.2) is 18.2 Å². The van der Waals surface area contributed by atoms with Gasteiger partial charge in [0.15, 0.2) is 0 Å². The third kappa shape index (κ3) is 7.12. The van der Waals surface area contributed by atoms with Gasteiger partial charge >= 0.3 is 0 Å². The first-order chi connectivity index (χ1) is 11.5. The Hall–Kier alpha value is -0.850. The van der Waals surface area contributed by atoms with Gasteiger partial charge in [0, 0.05) is 39.3 Å². The number of piperazine rings is 1. The van der Waals surface area contributed by atoms with E-state index >= 15 is 0 Å². The molecule has 1 unspecified atom stereocenters. The van der Waals surface area contributed by atoms with E-state index in [1.807, 2.05) is 6.07 Å². The molecule has 1 saturated heterocycles. The first-order valence-electron chi connectivity index (χ1n) is 8.96. The number of rotatable bonds is 8. The molecular weight excluding hydrogens is 340 g/mol. The van der Waals surface area contributed by atoms with Gasteiger partial charge in [-0.15, -0.1) is 0 Å². The van der Waals surface area contributed by atoms with E-state index in [0.29, 0.717) is 19.1 Å². The number of β-amino-alcohol motifs (C(OH)–C–C–N with tert-alkyl or cyclic N) is 2. The second kappa shape index (κ2) is 11.0. The van der Waals surface area contributed by atoms with Gasteiger partial charge in [0.2, 0.25) is 0 Å². The highest BCUT2D eigenvalue weighted by molar-refractivity contribution is 5.36. The van der Waals surface area contributed by atoms with Crippen LogP contribution in [0.5, 0.6) is 5.75 Å². The molecule has 0 bridgehead atoms. The van der Waals surface area contributed by atoms with Crippen LogP contribution in [0.2, 0.25) is 0 Å². The van der Waals surface area contributed by atoms with E-state index in [9.17, 15) is 5.11 Å². The maximum atomic E-state index is 10.2. The fraction of sp³-hybridized carbons (Fsp3) is 0.684. The van der Waals surface area contributed by atoms with Crippen LogP contribution in [0, 0.1) is 6.92 Å². The Bertz CT molecular complexity index is 505. The molecule has 0 aliphatic carbocycles. The van der Waals surface area contributed by atoms with Crippen molar-refractivity contribution in [2.75, 3.05) is 52.5 Å². The highest BCUT2D eigenvalue weighted by Gasteiger charge is 2.19. The van der Waals surface area contributed by atoms with E-state index < -0.39 is 6.10 Å². The SMILES string of the molecule is Cc1cc(OCC(O)CN2CCN(CCO)CC2)ccc1C(C)C.[Cl-]. The minimum absolute atomic E-state index is 0. The monoisotopic (exact) mass is 371 g/mol. The quantitative estimate of drug-likeness (QED) is 0.581. The Morgan fingerprint density at radius 2 is 1.76 bits per heavy atom. The zero-order valence-electron chi connectivity index (χ0n) is 15.6. The molecular formula is C19H32ClN2O3-. The number of ether oxygens (including phenoxy) is 1. The zero-order chi connectivity index (χ0) is 17.5. The smallest absolute Gasteiger partial charge is 0.119 e. The van der Waals surface area contributed by atoms with Crippen molar-refractivity contribution in [1.29, 1.82) is 0 Å². The lowest BCUT2D eigenvalue weighted by atomic mass is 9.98. The van der Waals surface area contributed by atoms with Crippen molar-refractivity contribution in [2.24, 2.45) is 0 Å². The Kier molecular flexibility index (Phi) is 9.75. The lowest BCUT2D eigenvalue weighted by molar-refractivity contribution is -0.00000852. The molecule has 6 heteroatoms. The standard InChI is InChI=1S/C19H32N2O3.ClH/c1-15(2)19-5-4-18(12-16(19)3)24-14-17(23)13-21-8-6-20(7-9-21)10-11-22;/h4-5,12,15,17,22-23H,6-11,13-14H2,1-3H3;1H/p-1. The summed E-state index contributed by atoms with van der Waals surface area (Å²) in [5, 5.41) is 19.2. The number of hydrogen-bond donors (Lipinski definition) is 2. The summed E-state index contributed by atoms with van der Waals surface area (Å²) < 4.78 is 5.76. The number of benzene rings is 1. The molecule has 0 saturated carbocycles. The van der Waals surface area contributed by atoms with E-state index in [1.165, 1.54) is 11.1 Å². The van der Waals surface area contributed by atoms with Crippen LogP contribution in [0.25, 0.3) is 0 Å². The maximum Gasteiger partial charge on any atom is 0.119 e. The summed E-state index contributed by atoms with van der Waals surface area (Å²) in [6, 6.07) is 6.15. The fourth-order valence-corrected chi connectivity index (χ4v) is 3.27. The molecule has 1 aromatic rings. The van der Waals surface area contributed by atoms with Crippen molar-refractivity contribution in [3.63, 3.8) is 0 Å². The summed E-state index contributed by atoms with van der Waals surface area (Å²) in [4.78, 5) is 4.51. The van der Waals surface area contributed by atoms with Crippen molar-refractivity contribution < 1.29 is 27.4 Å². The Morgan fingerprint density at radius 3 is 2.32 bits per heavy atom. The molecule has 1 aliphatic heterocycles. The number of aryl methyl sites for hydroxylation is 1. The van der Waals surface area contributed by atoms with Gasteiger partial charge in [-0.1, -0.05) is 19.9 Å². The molecule has 0 radical (unpaired) electrons. The van der Waals surface area contributed by atoms with Gasteiger partial charge < -0.3 is 27.4 Å². The average Bonchev–Trinajstić information content (AvgIpc) is 2.55. The number of hydrogen-bond acceptors (Lipinski definition) is 5. The van der Waals surface area contributed by atoms with Crippen molar-refractivity contribution in [1.82, 2.24) is 9.80 Å². The van der Waals surface area contributed by atoms with Crippen molar-refractivity contribution >= 4 is 0 Å². The Balaban J connectivity index is 0.00000312. The molecule has 1 fully saturated rings. The molecule has 5 nitrogen and oxygen atoms in total. The van der Waals surface area contributed by atoms with E-state index in [0.717, 1.165) is 38.5 Å². The lowest BCUT2D eigenvalue weighted by Crippen LogP contribution is -3.00. The molecule has 0 spiro atoms. The second-order valence-corrected chi connectivity index (χ2v) is 7.00. The Labute approximate surface area is 158 Å². The predicted molar refractivity (Wildman–Crippen MR) is 96.7 cm³/mol. The minimum atomic E-state index is -0.487. The number of halogens is 1. The number of aliphatic hydroxyl groups excluding tert-OH is 2. The predicted octanol–water partition coefficient (Wildman–Crippen LogP) is -1.53. The molecule has 1 aromatic carbocycles. The highest BCUT2D eigenvalue weighted by Crippen LogP contribution is 2.23.